The van der Waals surface area contributed by atoms with Crippen molar-refractivity contribution in [2.75, 3.05) is 13.2 Å². The summed E-state index contributed by atoms with van der Waals surface area (Å²) in [5, 5.41) is 30.2. The molecule has 202 valence electrons. The zero-order chi connectivity index (χ0) is 26.2. The lowest BCUT2D eigenvalue weighted by molar-refractivity contribution is -0.757. The third-order valence-electron chi connectivity index (χ3n) is 7.11. The minimum absolute atomic E-state index is 0.0101. The predicted molar refractivity (Wildman–Crippen MR) is 138 cm³/mol. The molecule has 1 aliphatic carbocycles. The van der Waals surface area contributed by atoms with Crippen LogP contribution in [-0.4, -0.2) is 46.7 Å². The number of benzene rings is 1. The average molecular weight is 506 g/mol. The summed E-state index contributed by atoms with van der Waals surface area (Å²) in [7, 11) is 0. The van der Waals surface area contributed by atoms with E-state index in [-0.39, 0.29) is 31.0 Å². The van der Waals surface area contributed by atoms with E-state index in [9.17, 15) is 25.1 Å². The lowest BCUT2D eigenvalue weighted by Gasteiger charge is -2.24. The summed E-state index contributed by atoms with van der Waals surface area (Å²) in [4.78, 5) is 26.0. The summed E-state index contributed by atoms with van der Waals surface area (Å²) < 4.78 is 5.12. The fraction of sp³-hybridized carbons (Fsp3) is 0.679. The first-order valence-electron chi connectivity index (χ1n) is 13.3. The van der Waals surface area contributed by atoms with E-state index in [0.29, 0.717) is 38.0 Å². The molecular weight excluding hydrogens is 462 g/mol. The van der Waals surface area contributed by atoms with Crippen LogP contribution in [0.5, 0.6) is 0 Å². The van der Waals surface area contributed by atoms with Gasteiger partial charge >= 0.3 is 5.97 Å². The molecule has 0 spiro atoms. The molecule has 0 bridgehead atoms. The van der Waals surface area contributed by atoms with Gasteiger partial charge in [-0.15, -0.1) is 10.1 Å². The lowest BCUT2D eigenvalue weighted by Crippen LogP contribution is -2.22. The number of allylic oxidation sites excluding steroid dienone is 2. The van der Waals surface area contributed by atoms with Gasteiger partial charge in [0, 0.05) is 6.42 Å². The van der Waals surface area contributed by atoms with Gasteiger partial charge in [0.15, 0.2) is 0 Å². The largest absolute Gasteiger partial charge is 0.466 e. The van der Waals surface area contributed by atoms with E-state index in [2.05, 4.69) is 42.1 Å². The molecule has 0 amide bonds. The standard InChI is InChI=1S/C28H43NO7/c1-22(15-17-23-11-5-4-6-12-23)16-18-25-24(26(30)21-27(25)31)13-7-2-3-8-14-28(32)35-19-9-10-20-36-29(33)34/h2,4-7,11-12,22,24-27,30-31H,3,8-10,13-21H2,1H3/b7-2-/t22-,24+,25+,26-,27+/m0/s1. The number of unbranched alkanes of at least 4 members (excludes halogenated alkanes) is 2. The molecule has 0 aliphatic heterocycles. The van der Waals surface area contributed by atoms with Crippen LogP contribution in [0.25, 0.3) is 0 Å². The van der Waals surface area contributed by atoms with Crippen molar-refractivity contribution >= 4 is 5.97 Å². The molecule has 5 atom stereocenters. The SMILES string of the molecule is C[C@@H](CCc1ccccc1)CC[C@@H]1[C@@H](C/C=C\CCCC(=O)OCCCCO[N+](=O)[O-])[C@@H](O)C[C@H]1O. The highest BCUT2D eigenvalue weighted by Gasteiger charge is 2.40. The molecule has 0 aromatic heterocycles. The summed E-state index contributed by atoms with van der Waals surface area (Å²) >= 11 is 0. The molecule has 1 fully saturated rings. The Bertz CT molecular complexity index is 785. The van der Waals surface area contributed by atoms with Crippen LogP contribution < -0.4 is 0 Å². The molecule has 0 heterocycles. The molecule has 0 radical (unpaired) electrons. The van der Waals surface area contributed by atoms with E-state index in [1.807, 2.05) is 12.1 Å². The van der Waals surface area contributed by atoms with Crippen LogP contribution in [0, 0.1) is 27.9 Å². The minimum atomic E-state index is -0.829. The van der Waals surface area contributed by atoms with E-state index in [0.717, 1.165) is 38.5 Å². The maximum atomic E-state index is 11.8. The fourth-order valence-corrected chi connectivity index (χ4v) is 4.92. The maximum Gasteiger partial charge on any atom is 0.305 e. The van der Waals surface area contributed by atoms with Gasteiger partial charge < -0.3 is 19.8 Å². The molecule has 8 nitrogen and oxygen atoms in total. The van der Waals surface area contributed by atoms with Crippen molar-refractivity contribution < 1.29 is 29.7 Å². The molecule has 1 aromatic rings. The Morgan fingerprint density at radius 3 is 2.56 bits per heavy atom. The topological polar surface area (TPSA) is 119 Å². The highest BCUT2D eigenvalue weighted by Crippen LogP contribution is 2.39. The fourth-order valence-electron chi connectivity index (χ4n) is 4.92. The van der Waals surface area contributed by atoms with Gasteiger partial charge in [-0.2, -0.15) is 0 Å². The number of ether oxygens (including phenoxy) is 1. The lowest BCUT2D eigenvalue weighted by atomic mass is 9.84. The molecule has 1 aromatic carbocycles. The van der Waals surface area contributed by atoms with Crippen LogP contribution in [0.1, 0.15) is 76.7 Å². The van der Waals surface area contributed by atoms with Gasteiger partial charge in [0.25, 0.3) is 5.09 Å². The van der Waals surface area contributed by atoms with Crippen molar-refractivity contribution in [3.8, 4) is 0 Å². The highest BCUT2D eigenvalue weighted by molar-refractivity contribution is 5.69. The Labute approximate surface area is 214 Å². The van der Waals surface area contributed by atoms with Crippen LogP contribution in [0.3, 0.4) is 0 Å². The number of aliphatic hydroxyl groups is 2. The van der Waals surface area contributed by atoms with Gasteiger partial charge in [-0.25, -0.2) is 0 Å². The summed E-state index contributed by atoms with van der Waals surface area (Å²) in [6.45, 7) is 2.52. The summed E-state index contributed by atoms with van der Waals surface area (Å²) in [6.07, 6.45) is 11.3. The number of carbonyl (C=O) groups excluding carboxylic acids is 1. The van der Waals surface area contributed by atoms with Crippen LogP contribution in [0.2, 0.25) is 0 Å². The number of aryl methyl sites for hydroxylation is 1. The van der Waals surface area contributed by atoms with E-state index in [4.69, 9.17) is 4.74 Å². The third kappa shape index (κ3) is 12.0. The Balaban J connectivity index is 1.60. The summed E-state index contributed by atoms with van der Waals surface area (Å²) in [6, 6.07) is 10.5. The van der Waals surface area contributed by atoms with E-state index < -0.39 is 17.3 Å². The molecule has 0 saturated heterocycles. The number of carbonyl (C=O) groups is 1. The van der Waals surface area contributed by atoms with Crippen molar-refractivity contribution in [1.29, 1.82) is 0 Å². The first-order valence-corrected chi connectivity index (χ1v) is 13.3. The molecule has 8 heteroatoms. The summed E-state index contributed by atoms with van der Waals surface area (Å²) in [5.41, 5.74) is 1.36. The smallest absolute Gasteiger partial charge is 0.305 e. The van der Waals surface area contributed by atoms with Gasteiger partial charge in [-0.3, -0.25) is 4.79 Å². The zero-order valence-corrected chi connectivity index (χ0v) is 21.5. The van der Waals surface area contributed by atoms with Gasteiger partial charge in [0.05, 0.1) is 25.4 Å². The van der Waals surface area contributed by atoms with Gasteiger partial charge in [0.1, 0.15) is 0 Å². The number of hydrogen-bond acceptors (Lipinski definition) is 7. The molecule has 1 saturated carbocycles. The molecular formula is C28H43NO7. The van der Waals surface area contributed by atoms with Crippen LogP contribution in [-0.2, 0) is 20.8 Å². The van der Waals surface area contributed by atoms with E-state index in [1.54, 1.807) is 0 Å². The number of aliphatic hydroxyl groups excluding tert-OH is 2. The van der Waals surface area contributed by atoms with E-state index >= 15 is 0 Å². The normalized spacial score (nSPS) is 22.5. The van der Waals surface area contributed by atoms with Crippen LogP contribution >= 0.6 is 0 Å². The van der Waals surface area contributed by atoms with Crippen molar-refractivity contribution in [2.45, 2.75) is 89.8 Å². The first-order chi connectivity index (χ1) is 17.4. The van der Waals surface area contributed by atoms with E-state index in [1.165, 1.54) is 5.56 Å². The second kappa shape index (κ2) is 17.1. The van der Waals surface area contributed by atoms with Crippen molar-refractivity contribution in [1.82, 2.24) is 0 Å². The first kappa shape index (κ1) is 29.8. The monoisotopic (exact) mass is 505 g/mol. The second-order valence-corrected chi connectivity index (χ2v) is 9.99. The Morgan fingerprint density at radius 2 is 1.81 bits per heavy atom. The van der Waals surface area contributed by atoms with Crippen molar-refractivity contribution in [3.05, 3.63) is 58.2 Å². The molecule has 2 rings (SSSR count). The van der Waals surface area contributed by atoms with Crippen LogP contribution in [0.4, 0.5) is 0 Å². The summed E-state index contributed by atoms with van der Waals surface area (Å²) in [5.74, 6) is 0.492. The van der Waals surface area contributed by atoms with Crippen LogP contribution in [0.15, 0.2) is 42.5 Å². The average Bonchev–Trinajstić information content (AvgIpc) is 3.12. The predicted octanol–water partition coefficient (Wildman–Crippen LogP) is 5.04. The van der Waals surface area contributed by atoms with Crippen molar-refractivity contribution in [3.63, 3.8) is 0 Å². The number of hydrogen-bond donors (Lipinski definition) is 2. The van der Waals surface area contributed by atoms with Gasteiger partial charge in [-0.05, 0) is 81.1 Å². The van der Waals surface area contributed by atoms with Gasteiger partial charge in [-0.1, -0.05) is 55.8 Å². The van der Waals surface area contributed by atoms with Crippen molar-refractivity contribution in [2.24, 2.45) is 17.8 Å². The molecule has 2 N–H and O–H groups in total. The Kier molecular flexibility index (Phi) is 14.1. The molecule has 1 aliphatic rings. The Hall–Kier alpha value is -2.45. The second-order valence-electron chi connectivity index (χ2n) is 9.99. The minimum Gasteiger partial charge on any atom is -0.466 e. The molecule has 36 heavy (non-hydrogen) atoms. The quantitative estimate of drug-likeness (QED) is 0.0943. The number of esters is 1. The third-order valence-corrected chi connectivity index (χ3v) is 7.11. The number of rotatable bonds is 18. The molecule has 0 unspecified atom stereocenters. The van der Waals surface area contributed by atoms with Gasteiger partial charge in [0.2, 0.25) is 0 Å². The Morgan fingerprint density at radius 1 is 1.08 bits per heavy atom. The maximum absolute atomic E-state index is 11.8. The zero-order valence-electron chi connectivity index (χ0n) is 21.5. The number of nitrogens with zero attached hydrogens (tertiary/aromatic N) is 1. The highest BCUT2D eigenvalue weighted by atomic mass is 16.9.